The Bertz CT molecular complexity index is 349. The Kier molecular flexibility index (Phi) is 5.49. The Labute approximate surface area is 102 Å². The van der Waals surface area contributed by atoms with E-state index in [0.717, 1.165) is 12.2 Å². The molecule has 0 aliphatic carbocycles. The smallest absolute Gasteiger partial charge is 0.236 e. The second-order valence-electron chi connectivity index (χ2n) is 3.85. The van der Waals surface area contributed by atoms with E-state index in [9.17, 15) is 4.79 Å². The van der Waals surface area contributed by atoms with Gasteiger partial charge < -0.3 is 15.4 Å². The number of nitrogens with zero attached hydrogens (tertiary/aromatic N) is 1. The second-order valence-corrected chi connectivity index (χ2v) is 3.85. The number of carbonyl (C=O) groups excluding carboxylic acids is 1. The minimum Gasteiger partial charge on any atom is -0.494 e. The maximum atomic E-state index is 11.3. The van der Waals surface area contributed by atoms with Gasteiger partial charge in [-0.25, -0.2) is 0 Å². The van der Waals surface area contributed by atoms with Crippen molar-refractivity contribution in [2.75, 3.05) is 26.7 Å². The monoisotopic (exact) mass is 236 g/mol. The first-order chi connectivity index (χ1) is 8.17. The predicted octanol–water partition coefficient (Wildman–Crippen LogP) is 1.04. The second kappa shape index (κ2) is 6.91. The molecule has 0 unspecified atom stereocenters. The molecule has 0 radical (unpaired) electrons. The molecule has 94 valence electrons. The van der Waals surface area contributed by atoms with Crippen LogP contribution >= 0.6 is 0 Å². The molecule has 0 heterocycles. The minimum absolute atomic E-state index is 0.0315. The van der Waals surface area contributed by atoms with Crippen molar-refractivity contribution in [1.82, 2.24) is 4.90 Å². The van der Waals surface area contributed by atoms with E-state index in [1.54, 1.807) is 11.9 Å². The Hall–Kier alpha value is -1.55. The van der Waals surface area contributed by atoms with Gasteiger partial charge in [-0.05, 0) is 31.0 Å². The van der Waals surface area contributed by atoms with Crippen molar-refractivity contribution in [3.8, 4) is 5.75 Å². The van der Waals surface area contributed by atoms with E-state index in [2.05, 4.69) is 0 Å². The molecule has 2 N–H and O–H groups in total. The lowest BCUT2D eigenvalue weighted by Gasteiger charge is -2.16. The van der Waals surface area contributed by atoms with Gasteiger partial charge in [0.15, 0.2) is 0 Å². The number of hydrogen-bond donors (Lipinski definition) is 1. The van der Waals surface area contributed by atoms with Gasteiger partial charge in [0, 0.05) is 13.6 Å². The zero-order valence-corrected chi connectivity index (χ0v) is 10.5. The Balaban J connectivity index is 2.44. The molecule has 0 spiro atoms. The molecule has 0 aromatic heterocycles. The van der Waals surface area contributed by atoms with Crippen LogP contribution in [0.25, 0.3) is 0 Å². The SMILES string of the molecule is CCOc1ccc(CCN(C)C(=O)CN)cc1. The molecule has 4 heteroatoms. The molecule has 4 nitrogen and oxygen atoms in total. The number of rotatable bonds is 6. The first kappa shape index (κ1) is 13.5. The summed E-state index contributed by atoms with van der Waals surface area (Å²) in [5.41, 5.74) is 6.47. The lowest BCUT2D eigenvalue weighted by atomic mass is 10.1. The van der Waals surface area contributed by atoms with Gasteiger partial charge in [0.25, 0.3) is 0 Å². The molecule has 1 aromatic carbocycles. The number of carbonyl (C=O) groups is 1. The van der Waals surface area contributed by atoms with Crippen molar-refractivity contribution in [3.63, 3.8) is 0 Å². The van der Waals surface area contributed by atoms with Gasteiger partial charge >= 0.3 is 0 Å². The number of hydrogen-bond acceptors (Lipinski definition) is 3. The Morgan fingerprint density at radius 2 is 2.00 bits per heavy atom. The zero-order chi connectivity index (χ0) is 12.7. The normalized spacial score (nSPS) is 10.1. The van der Waals surface area contributed by atoms with Crippen LogP contribution in [-0.4, -0.2) is 37.6 Å². The third-order valence-corrected chi connectivity index (χ3v) is 2.57. The molecule has 0 atom stereocenters. The molecule has 0 aliphatic rings. The molecule has 1 aromatic rings. The van der Waals surface area contributed by atoms with Crippen molar-refractivity contribution in [2.45, 2.75) is 13.3 Å². The van der Waals surface area contributed by atoms with E-state index in [1.165, 1.54) is 5.56 Å². The van der Waals surface area contributed by atoms with Crippen LogP contribution in [0, 0.1) is 0 Å². The standard InChI is InChI=1S/C13H20N2O2/c1-3-17-12-6-4-11(5-7-12)8-9-15(2)13(16)10-14/h4-7H,3,8-10,14H2,1-2H3. The van der Waals surface area contributed by atoms with Crippen LogP contribution in [0.5, 0.6) is 5.75 Å². The highest BCUT2D eigenvalue weighted by molar-refractivity contribution is 5.77. The first-order valence-electron chi connectivity index (χ1n) is 5.83. The van der Waals surface area contributed by atoms with Crippen molar-refractivity contribution in [1.29, 1.82) is 0 Å². The molecular weight excluding hydrogens is 216 g/mol. The molecule has 0 bridgehead atoms. The van der Waals surface area contributed by atoms with Crippen LogP contribution in [0.1, 0.15) is 12.5 Å². The Morgan fingerprint density at radius 1 is 1.35 bits per heavy atom. The summed E-state index contributed by atoms with van der Waals surface area (Å²) >= 11 is 0. The summed E-state index contributed by atoms with van der Waals surface area (Å²) in [5.74, 6) is 0.846. The lowest BCUT2D eigenvalue weighted by Crippen LogP contribution is -2.34. The molecule has 17 heavy (non-hydrogen) atoms. The van der Waals surface area contributed by atoms with E-state index in [-0.39, 0.29) is 12.5 Å². The van der Waals surface area contributed by atoms with Crippen molar-refractivity contribution in [2.24, 2.45) is 5.73 Å². The van der Waals surface area contributed by atoms with Crippen LogP contribution in [0.3, 0.4) is 0 Å². The van der Waals surface area contributed by atoms with Crippen LogP contribution in [0.15, 0.2) is 24.3 Å². The van der Waals surface area contributed by atoms with Gasteiger partial charge in [0.05, 0.1) is 13.2 Å². The highest BCUT2D eigenvalue weighted by Crippen LogP contribution is 2.12. The highest BCUT2D eigenvalue weighted by atomic mass is 16.5. The lowest BCUT2D eigenvalue weighted by molar-refractivity contribution is -0.128. The molecule has 1 rings (SSSR count). The molecule has 0 aliphatic heterocycles. The highest BCUT2D eigenvalue weighted by Gasteiger charge is 2.05. The molecule has 0 saturated heterocycles. The molecule has 0 saturated carbocycles. The van der Waals surface area contributed by atoms with Crippen molar-refractivity contribution < 1.29 is 9.53 Å². The fraction of sp³-hybridized carbons (Fsp3) is 0.462. The van der Waals surface area contributed by atoms with Gasteiger partial charge in [-0.1, -0.05) is 12.1 Å². The summed E-state index contributed by atoms with van der Waals surface area (Å²) in [7, 11) is 1.77. The quantitative estimate of drug-likeness (QED) is 0.803. The first-order valence-corrected chi connectivity index (χ1v) is 5.83. The van der Waals surface area contributed by atoms with Crippen LogP contribution < -0.4 is 10.5 Å². The largest absolute Gasteiger partial charge is 0.494 e. The van der Waals surface area contributed by atoms with Gasteiger partial charge in [0.1, 0.15) is 5.75 Å². The summed E-state index contributed by atoms with van der Waals surface area (Å²) in [4.78, 5) is 12.9. The molecule has 1 amide bonds. The van der Waals surface area contributed by atoms with Crippen LogP contribution in [-0.2, 0) is 11.2 Å². The van der Waals surface area contributed by atoms with E-state index in [4.69, 9.17) is 10.5 Å². The summed E-state index contributed by atoms with van der Waals surface area (Å²) in [6.45, 7) is 3.39. The van der Waals surface area contributed by atoms with Crippen LogP contribution in [0.2, 0.25) is 0 Å². The number of amides is 1. The van der Waals surface area contributed by atoms with E-state index in [0.29, 0.717) is 13.2 Å². The summed E-state index contributed by atoms with van der Waals surface area (Å²) < 4.78 is 5.36. The molecular formula is C13H20N2O2. The van der Waals surface area contributed by atoms with E-state index in [1.807, 2.05) is 31.2 Å². The fourth-order valence-electron chi connectivity index (χ4n) is 1.50. The van der Waals surface area contributed by atoms with E-state index >= 15 is 0 Å². The van der Waals surface area contributed by atoms with Gasteiger partial charge in [-0.3, -0.25) is 4.79 Å². The maximum Gasteiger partial charge on any atom is 0.236 e. The maximum absolute atomic E-state index is 11.3. The number of likely N-dealkylation sites (N-methyl/N-ethyl adjacent to an activating group) is 1. The topological polar surface area (TPSA) is 55.6 Å². The van der Waals surface area contributed by atoms with Crippen LogP contribution in [0.4, 0.5) is 0 Å². The zero-order valence-electron chi connectivity index (χ0n) is 10.5. The summed E-state index contributed by atoms with van der Waals surface area (Å²) in [6.07, 6.45) is 0.828. The average molecular weight is 236 g/mol. The van der Waals surface area contributed by atoms with Gasteiger partial charge in [-0.2, -0.15) is 0 Å². The number of benzene rings is 1. The van der Waals surface area contributed by atoms with Gasteiger partial charge in [0.2, 0.25) is 5.91 Å². The third kappa shape index (κ3) is 4.44. The van der Waals surface area contributed by atoms with Crippen molar-refractivity contribution in [3.05, 3.63) is 29.8 Å². The van der Waals surface area contributed by atoms with E-state index < -0.39 is 0 Å². The van der Waals surface area contributed by atoms with Crippen molar-refractivity contribution >= 4 is 5.91 Å². The summed E-state index contributed by atoms with van der Waals surface area (Å²) in [5, 5.41) is 0. The average Bonchev–Trinajstić information content (AvgIpc) is 2.37. The third-order valence-electron chi connectivity index (χ3n) is 2.57. The Morgan fingerprint density at radius 3 is 2.53 bits per heavy atom. The number of nitrogens with two attached hydrogens (primary N) is 1. The fourth-order valence-corrected chi connectivity index (χ4v) is 1.50. The molecule has 0 fully saturated rings. The number of ether oxygens (including phenoxy) is 1. The predicted molar refractivity (Wildman–Crippen MR) is 68.0 cm³/mol. The van der Waals surface area contributed by atoms with Gasteiger partial charge in [-0.15, -0.1) is 0 Å². The minimum atomic E-state index is -0.0315. The summed E-state index contributed by atoms with van der Waals surface area (Å²) in [6, 6.07) is 7.94.